The molecule has 0 rings (SSSR count). The van der Waals surface area contributed by atoms with Gasteiger partial charge in [-0.05, 0) is 0 Å². The van der Waals surface area contributed by atoms with Crippen molar-refractivity contribution in [3.05, 3.63) is 10.6 Å². The topological polar surface area (TPSA) is 28.2 Å². The van der Waals surface area contributed by atoms with Crippen molar-refractivity contribution < 1.29 is 64.8 Å². The minimum atomic E-state index is 0. The first-order valence-electron chi connectivity index (χ1n) is 10.1. The molecule has 0 unspecified atom stereocenters. The maximum atomic E-state index is 4.45. The quantitative estimate of drug-likeness (QED) is 0.189. The molecule has 0 aromatic heterocycles. The van der Waals surface area contributed by atoms with Crippen LogP contribution in [-0.4, -0.2) is 26.2 Å². The third-order valence-electron chi connectivity index (χ3n) is 3.68. The molecular weight excluding hydrogens is 539 g/mol. The SMILES string of the molecule is CCCCC[N-]CCCCC.CCCCC[N-]CCCCC.[I-].[Nd+3]. The van der Waals surface area contributed by atoms with Gasteiger partial charge in [0.15, 0.2) is 0 Å². The third kappa shape index (κ3) is 39.2. The smallest absolute Gasteiger partial charge is 1.00 e. The number of hydrogen-bond acceptors (Lipinski definition) is 0. The van der Waals surface area contributed by atoms with Gasteiger partial charge in [-0.3, -0.25) is 0 Å². The van der Waals surface area contributed by atoms with Crippen molar-refractivity contribution >= 4 is 0 Å². The molecule has 0 aromatic rings. The van der Waals surface area contributed by atoms with Gasteiger partial charge in [-0.1, -0.05) is 105 Å². The average Bonchev–Trinajstić information content (AvgIpc) is 2.54. The van der Waals surface area contributed by atoms with Gasteiger partial charge in [-0.15, -0.1) is 26.2 Å². The fraction of sp³-hybridized carbons (Fsp3) is 1.00. The number of nitrogens with zero attached hydrogens (tertiary/aromatic N) is 2. The Morgan fingerprint density at radius 1 is 0.417 bits per heavy atom. The Balaban J connectivity index is -0.000000154. The molecule has 0 saturated carbocycles. The zero-order valence-electron chi connectivity index (χ0n) is 17.1. The molecule has 0 heterocycles. The van der Waals surface area contributed by atoms with Crippen LogP contribution >= 0.6 is 0 Å². The van der Waals surface area contributed by atoms with Crippen LogP contribution in [0.25, 0.3) is 10.6 Å². The van der Waals surface area contributed by atoms with Gasteiger partial charge in [0.05, 0.1) is 0 Å². The summed E-state index contributed by atoms with van der Waals surface area (Å²) in [5, 5.41) is 8.89. The molecular formula is C20H44IN2Nd. The van der Waals surface area contributed by atoms with Gasteiger partial charge in [0.2, 0.25) is 0 Å². The Morgan fingerprint density at radius 3 is 0.792 bits per heavy atom. The average molecular weight is 584 g/mol. The molecule has 4 heteroatoms. The molecule has 0 saturated heterocycles. The third-order valence-corrected chi connectivity index (χ3v) is 3.68. The molecule has 0 amide bonds. The second kappa shape index (κ2) is 36.0. The number of hydrogen-bond donors (Lipinski definition) is 0. The van der Waals surface area contributed by atoms with Gasteiger partial charge in [-0.2, -0.15) is 0 Å². The van der Waals surface area contributed by atoms with Crippen molar-refractivity contribution in [3.8, 4) is 0 Å². The van der Waals surface area contributed by atoms with E-state index in [0.717, 1.165) is 26.2 Å². The van der Waals surface area contributed by atoms with Crippen molar-refractivity contribution in [3.63, 3.8) is 0 Å². The zero-order chi connectivity index (χ0) is 16.7. The maximum Gasteiger partial charge on any atom is 3.00 e. The van der Waals surface area contributed by atoms with E-state index in [1.54, 1.807) is 0 Å². The van der Waals surface area contributed by atoms with Gasteiger partial charge >= 0.3 is 40.8 Å². The van der Waals surface area contributed by atoms with E-state index in [1.807, 2.05) is 0 Å². The van der Waals surface area contributed by atoms with E-state index in [0.29, 0.717) is 0 Å². The van der Waals surface area contributed by atoms with Crippen LogP contribution in [0.3, 0.4) is 0 Å². The van der Waals surface area contributed by atoms with Gasteiger partial charge < -0.3 is 34.6 Å². The van der Waals surface area contributed by atoms with Crippen molar-refractivity contribution in [1.82, 2.24) is 0 Å². The van der Waals surface area contributed by atoms with Crippen molar-refractivity contribution in [1.29, 1.82) is 0 Å². The summed E-state index contributed by atoms with van der Waals surface area (Å²) >= 11 is 0. The van der Waals surface area contributed by atoms with Crippen LogP contribution in [-0.2, 0) is 0 Å². The molecule has 0 aliphatic carbocycles. The van der Waals surface area contributed by atoms with Crippen molar-refractivity contribution in [2.24, 2.45) is 0 Å². The molecule has 2 nitrogen and oxygen atoms in total. The summed E-state index contributed by atoms with van der Waals surface area (Å²) in [6, 6.07) is 0. The molecule has 0 bridgehead atoms. The standard InChI is InChI=1S/2C10H22N.HI.Nd/c2*1-3-5-7-9-11-10-8-6-4-2;;/h2*3-10H2,1-2H3;1H;/q2*-1;;+3/p-1. The van der Waals surface area contributed by atoms with Gasteiger partial charge in [0.1, 0.15) is 0 Å². The molecule has 0 aliphatic heterocycles. The van der Waals surface area contributed by atoms with Crippen LogP contribution in [0.2, 0.25) is 0 Å². The molecule has 0 spiro atoms. The number of halogens is 1. The Bertz CT molecular complexity index is 138. The van der Waals surface area contributed by atoms with Gasteiger partial charge in [0.25, 0.3) is 0 Å². The summed E-state index contributed by atoms with van der Waals surface area (Å²) in [7, 11) is 0. The Hall–Kier alpha value is 2.00. The molecule has 145 valence electrons. The van der Waals surface area contributed by atoms with Crippen molar-refractivity contribution in [2.75, 3.05) is 26.2 Å². The molecule has 0 N–H and O–H groups in total. The minimum Gasteiger partial charge on any atom is -1.00 e. The Morgan fingerprint density at radius 2 is 0.625 bits per heavy atom. The normalized spacial score (nSPS) is 9.50. The first-order chi connectivity index (χ1) is 10.8. The molecule has 0 aromatic carbocycles. The second-order valence-corrected chi connectivity index (χ2v) is 6.17. The molecule has 0 fully saturated rings. The van der Waals surface area contributed by atoms with Crippen LogP contribution < -0.4 is 24.0 Å². The molecule has 0 atom stereocenters. The van der Waals surface area contributed by atoms with Crippen LogP contribution in [0.4, 0.5) is 0 Å². The predicted molar refractivity (Wildman–Crippen MR) is 104 cm³/mol. The minimum absolute atomic E-state index is 0. The van der Waals surface area contributed by atoms with Crippen LogP contribution in [0.1, 0.15) is 105 Å². The Kier molecular flexibility index (Phi) is 50.4. The summed E-state index contributed by atoms with van der Waals surface area (Å²) in [5.74, 6) is 0. The molecule has 0 aliphatic rings. The van der Waals surface area contributed by atoms with Crippen LogP contribution in [0, 0.1) is 40.8 Å². The number of rotatable bonds is 16. The van der Waals surface area contributed by atoms with Crippen molar-refractivity contribution in [2.45, 2.75) is 105 Å². The van der Waals surface area contributed by atoms with E-state index in [9.17, 15) is 0 Å². The van der Waals surface area contributed by atoms with Gasteiger partial charge in [0, 0.05) is 0 Å². The monoisotopic (exact) mass is 581 g/mol. The fourth-order valence-electron chi connectivity index (χ4n) is 2.12. The first kappa shape index (κ1) is 33.6. The summed E-state index contributed by atoms with van der Waals surface area (Å²) in [6.45, 7) is 13.3. The van der Waals surface area contributed by atoms with Crippen LogP contribution in [0.15, 0.2) is 0 Å². The van der Waals surface area contributed by atoms with E-state index >= 15 is 0 Å². The molecule has 1 radical (unpaired) electrons. The van der Waals surface area contributed by atoms with Gasteiger partial charge in [-0.25, -0.2) is 0 Å². The predicted octanol–water partition coefficient (Wildman–Crippen LogP) is 4.49. The molecule has 24 heavy (non-hydrogen) atoms. The summed E-state index contributed by atoms with van der Waals surface area (Å²) < 4.78 is 0. The Labute approximate surface area is 204 Å². The largest absolute Gasteiger partial charge is 3.00 e. The first-order valence-corrected chi connectivity index (χ1v) is 10.1. The summed E-state index contributed by atoms with van der Waals surface area (Å²) in [5.41, 5.74) is 0. The fourth-order valence-corrected chi connectivity index (χ4v) is 2.12. The summed E-state index contributed by atoms with van der Waals surface area (Å²) in [4.78, 5) is 0. The van der Waals surface area contributed by atoms with E-state index < -0.39 is 0 Å². The maximum absolute atomic E-state index is 4.45. The van der Waals surface area contributed by atoms with E-state index in [-0.39, 0.29) is 64.8 Å². The van der Waals surface area contributed by atoms with Crippen LogP contribution in [0.5, 0.6) is 0 Å². The summed E-state index contributed by atoms with van der Waals surface area (Å²) in [6.07, 6.45) is 15.8. The number of unbranched alkanes of at least 4 members (excludes halogenated alkanes) is 8. The second-order valence-electron chi connectivity index (χ2n) is 6.17. The zero-order valence-corrected chi connectivity index (χ0v) is 22.5. The van der Waals surface area contributed by atoms with E-state index in [2.05, 4.69) is 38.3 Å². The van der Waals surface area contributed by atoms with E-state index in [4.69, 9.17) is 0 Å². The van der Waals surface area contributed by atoms with E-state index in [1.165, 1.54) is 77.0 Å².